The maximum atomic E-state index is 13.4. The van der Waals surface area contributed by atoms with Crippen molar-refractivity contribution in [2.45, 2.75) is 39.7 Å². The number of ether oxygens (including phenoxy) is 1. The second kappa shape index (κ2) is 9.36. The lowest BCUT2D eigenvalue weighted by atomic mass is 9.80. The summed E-state index contributed by atoms with van der Waals surface area (Å²) >= 11 is 0. The van der Waals surface area contributed by atoms with Gasteiger partial charge in [0, 0.05) is 29.6 Å². The van der Waals surface area contributed by atoms with E-state index in [1.807, 2.05) is 26.0 Å². The largest absolute Gasteiger partial charge is 0.487 e. The van der Waals surface area contributed by atoms with Gasteiger partial charge in [-0.2, -0.15) is 5.26 Å². The number of aromatic nitrogens is 1. The Morgan fingerprint density at radius 3 is 2.67 bits per heavy atom. The molecule has 5 nitrogen and oxygen atoms in total. The number of halogens is 1. The standard InChI is InChI=1S/C24H24FN3O2/c1-3-24(4-2,16-26)14-23(29)28-19-6-5-7-21(13-19)30-15-20-11-9-17-8-10-18(25)12-22(17)27-20/h5-13H,3-4,14-15H2,1-2H3,(H,28,29). The van der Waals surface area contributed by atoms with Crippen LogP contribution < -0.4 is 10.1 Å². The second-order valence-corrected chi connectivity index (χ2v) is 7.28. The molecule has 0 aliphatic rings. The number of nitriles is 1. The average molecular weight is 405 g/mol. The van der Waals surface area contributed by atoms with Gasteiger partial charge in [-0.05, 0) is 43.2 Å². The third kappa shape index (κ3) is 5.12. The van der Waals surface area contributed by atoms with Crippen LogP contribution in [0.1, 0.15) is 38.8 Å². The fourth-order valence-electron chi connectivity index (χ4n) is 3.24. The number of rotatable bonds is 8. The van der Waals surface area contributed by atoms with Gasteiger partial charge in [-0.3, -0.25) is 4.79 Å². The van der Waals surface area contributed by atoms with Crippen LogP contribution in [0.2, 0.25) is 0 Å². The summed E-state index contributed by atoms with van der Waals surface area (Å²) in [5, 5.41) is 13.1. The highest BCUT2D eigenvalue weighted by molar-refractivity contribution is 5.91. The van der Waals surface area contributed by atoms with E-state index in [2.05, 4.69) is 16.4 Å². The van der Waals surface area contributed by atoms with Gasteiger partial charge in [-0.1, -0.05) is 26.0 Å². The molecule has 1 heterocycles. The number of carbonyl (C=O) groups excluding carboxylic acids is 1. The van der Waals surface area contributed by atoms with Crippen LogP contribution in [0.3, 0.4) is 0 Å². The fourth-order valence-corrected chi connectivity index (χ4v) is 3.24. The Morgan fingerprint density at radius 2 is 1.93 bits per heavy atom. The molecule has 0 fully saturated rings. The maximum absolute atomic E-state index is 13.4. The lowest BCUT2D eigenvalue weighted by molar-refractivity contribution is -0.117. The highest BCUT2D eigenvalue weighted by atomic mass is 19.1. The number of benzene rings is 2. The summed E-state index contributed by atoms with van der Waals surface area (Å²) in [6.45, 7) is 4.06. The number of anilines is 1. The molecule has 0 aliphatic heterocycles. The molecule has 2 aromatic carbocycles. The number of carbonyl (C=O) groups is 1. The van der Waals surface area contributed by atoms with E-state index in [0.29, 0.717) is 35.5 Å². The summed E-state index contributed by atoms with van der Waals surface area (Å²) in [4.78, 5) is 16.8. The highest BCUT2D eigenvalue weighted by Gasteiger charge is 2.29. The van der Waals surface area contributed by atoms with Gasteiger partial charge < -0.3 is 10.1 Å². The van der Waals surface area contributed by atoms with Gasteiger partial charge >= 0.3 is 0 Å². The van der Waals surface area contributed by atoms with Gasteiger partial charge in [-0.25, -0.2) is 9.37 Å². The first kappa shape index (κ1) is 21.3. The summed E-state index contributed by atoms with van der Waals surface area (Å²) in [5.41, 5.74) is 1.21. The first-order chi connectivity index (χ1) is 14.5. The van der Waals surface area contributed by atoms with Crippen molar-refractivity contribution in [2.75, 3.05) is 5.32 Å². The monoisotopic (exact) mass is 405 g/mol. The average Bonchev–Trinajstić information content (AvgIpc) is 2.76. The Kier molecular flexibility index (Phi) is 6.63. The molecule has 3 rings (SSSR count). The molecule has 1 amide bonds. The van der Waals surface area contributed by atoms with Crippen LogP contribution in [0.15, 0.2) is 54.6 Å². The van der Waals surface area contributed by atoms with Crippen molar-refractivity contribution in [3.05, 3.63) is 66.1 Å². The van der Waals surface area contributed by atoms with E-state index in [0.717, 1.165) is 5.39 Å². The van der Waals surface area contributed by atoms with E-state index in [1.54, 1.807) is 30.3 Å². The van der Waals surface area contributed by atoms with Crippen molar-refractivity contribution in [1.29, 1.82) is 5.26 Å². The van der Waals surface area contributed by atoms with Crippen molar-refractivity contribution < 1.29 is 13.9 Å². The van der Waals surface area contributed by atoms with Crippen LogP contribution in [0, 0.1) is 22.6 Å². The predicted octanol–water partition coefficient (Wildman–Crippen LogP) is 5.61. The molecular weight excluding hydrogens is 381 g/mol. The van der Waals surface area contributed by atoms with Gasteiger partial charge in [0.05, 0.1) is 22.7 Å². The SMILES string of the molecule is CCC(C#N)(CC)CC(=O)Nc1cccc(OCc2ccc3ccc(F)cc3n2)c1. The van der Waals surface area contributed by atoms with Crippen molar-refractivity contribution in [2.24, 2.45) is 5.41 Å². The van der Waals surface area contributed by atoms with E-state index >= 15 is 0 Å². The lowest BCUT2D eigenvalue weighted by Crippen LogP contribution is -2.25. The minimum Gasteiger partial charge on any atom is -0.487 e. The zero-order valence-corrected chi connectivity index (χ0v) is 17.1. The smallest absolute Gasteiger partial charge is 0.225 e. The number of pyridine rings is 1. The molecule has 154 valence electrons. The Hall–Kier alpha value is -3.46. The predicted molar refractivity (Wildman–Crippen MR) is 114 cm³/mol. The second-order valence-electron chi connectivity index (χ2n) is 7.28. The van der Waals surface area contributed by atoms with Crippen LogP contribution >= 0.6 is 0 Å². The van der Waals surface area contributed by atoms with Crippen LogP contribution in [-0.4, -0.2) is 10.9 Å². The fraction of sp³-hybridized carbons (Fsp3) is 0.292. The zero-order chi connectivity index (χ0) is 21.6. The van der Waals surface area contributed by atoms with Crippen molar-refractivity contribution in [1.82, 2.24) is 4.98 Å². The van der Waals surface area contributed by atoms with Crippen LogP contribution in [0.25, 0.3) is 10.9 Å². The number of nitrogens with zero attached hydrogens (tertiary/aromatic N) is 2. The number of hydrogen-bond acceptors (Lipinski definition) is 4. The molecular formula is C24H24FN3O2. The molecule has 0 unspecified atom stereocenters. The van der Waals surface area contributed by atoms with Crippen LogP contribution in [-0.2, 0) is 11.4 Å². The molecule has 6 heteroatoms. The molecule has 0 bridgehead atoms. The van der Waals surface area contributed by atoms with Gasteiger partial charge in [0.1, 0.15) is 18.2 Å². The Morgan fingerprint density at radius 1 is 1.17 bits per heavy atom. The van der Waals surface area contributed by atoms with Crippen molar-refractivity contribution in [3.63, 3.8) is 0 Å². The van der Waals surface area contributed by atoms with E-state index in [4.69, 9.17) is 4.74 Å². The first-order valence-corrected chi connectivity index (χ1v) is 9.96. The molecule has 0 saturated carbocycles. The highest BCUT2D eigenvalue weighted by Crippen LogP contribution is 2.30. The van der Waals surface area contributed by atoms with Crippen LogP contribution in [0.4, 0.5) is 10.1 Å². The third-order valence-corrected chi connectivity index (χ3v) is 5.31. The van der Waals surface area contributed by atoms with Gasteiger partial charge in [0.15, 0.2) is 0 Å². The summed E-state index contributed by atoms with van der Waals surface area (Å²) in [6.07, 6.45) is 1.40. The van der Waals surface area contributed by atoms with E-state index < -0.39 is 5.41 Å². The van der Waals surface area contributed by atoms with E-state index in [9.17, 15) is 14.4 Å². The molecule has 0 atom stereocenters. The number of nitrogens with one attached hydrogen (secondary N) is 1. The van der Waals surface area contributed by atoms with Gasteiger partial charge in [0.25, 0.3) is 0 Å². The molecule has 0 spiro atoms. The van der Waals surface area contributed by atoms with Gasteiger partial charge in [0.2, 0.25) is 5.91 Å². The Bertz CT molecular complexity index is 1090. The lowest BCUT2D eigenvalue weighted by Gasteiger charge is -2.22. The quantitative estimate of drug-likeness (QED) is 0.528. The molecule has 1 N–H and O–H groups in total. The number of fused-ring (bicyclic) bond motifs is 1. The molecule has 1 aromatic heterocycles. The third-order valence-electron chi connectivity index (χ3n) is 5.31. The van der Waals surface area contributed by atoms with E-state index in [-0.39, 0.29) is 24.8 Å². The minimum atomic E-state index is -0.639. The molecule has 0 aliphatic carbocycles. The molecule has 0 radical (unpaired) electrons. The molecule has 3 aromatic rings. The minimum absolute atomic E-state index is 0.152. The normalized spacial score (nSPS) is 11.1. The van der Waals surface area contributed by atoms with Gasteiger partial charge in [-0.15, -0.1) is 0 Å². The summed E-state index contributed by atoms with van der Waals surface area (Å²) in [5.74, 6) is 0.0464. The topological polar surface area (TPSA) is 75.0 Å². The first-order valence-electron chi connectivity index (χ1n) is 9.96. The van der Waals surface area contributed by atoms with E-state index in [1.165, 1.54) is 12.1 Å². The maximum Gasteiger partial charge on any atom is 0.225 e. The molecule has 0 saturated heterocycles. The summed E-state index contributed by atoms with van der Waals surface area (Å²) < 4.78 is 19.2. The Balaban J connectivity index is 1.64. The number of amides is 1. The van der Waals surface area contributed by atoms with Crippen molar-refractivity contribution in [3.8, 4) is 11.8 Å². The Labute approximate surface area is 175 Å². The molecule has 30 heavy (non-hydrogen) atoms. The summed E-state index contributed by atoms with van der Waals surface area (Å²) in [6, 6.07) is 17.5. The summed E-state index contributed by atoms with van der Waals surface area (Å²) in [7, 11) is 0. The van der Waals surface area contributed by atoms with Crippen molar-refractivity contribution >= 4 is 22.5 Å². The number of hydrogen-bond donors (Lipinski definition) is 1. The zero-order valence-electron chi connectivity index (χ0n) is 17.1. The van der Waals surface area contributed by atoms with Crippen LogP contribution in [0.5, 0.6) is 5.75 Å².